The lowest BCUT2D eigenvalue weighted by atomic mass is 10.2. The van der Waals surface area contributed by atoms with Crippen LogP contribution < -0.4 is 0 Å². The minimum Gasteiger partial charge on any atom is -0.481 e. The summed E-state index contributed by atoms with van der Waals surface area (Å²) in [6.45, 7) is 0.362. The molecule has 0 spiro atoms. The van der Waals surface area contributed by atoms with Gasteiger partial charge in [-0.2, -0.15) is 0 Å². The van der Waals surface area contributed by atoms with Gasteiger partial charge < -0.3 is 14.8 Å². The molecule has 90 valence electrons. The summed E-state index contributed by atoms with van der Waals surface area (Å²) in [6.07, 6.45) is 1.88. The van der Waals surface area contributed by atoms with Gasteiger partial charge in [0.25, 0.3) is 0 Å². The highest BCUT2D eigenvalue weighted by Crippen LogP contribution is 2.25. The first-order chi connectivity index (χ1) is 8.11. The van der Waals surface area contributed by atoms with E-state index >= 15 is 0 Å². The molecule has 2 N–H and O–H groups in total. The number of aromatic nitrogens is 1. The van der Waals surface area contributed by atoms with E-state index in [9.17, 15) is 9.90 Å². The zero-order valence-electron chi connectivity index (χ0n) is 9.06. The van der Waals surface area contributed by atoms with E-state index in [2.05, 4.69) is 15.9 Å². The number of hydrogen-bond donors (Lipinski definition) is 2. The average Bonchev–Trinajstić information content (AvgIpc) is 2.63. The second-order valence-corrected chi connectivity index (χ2v) is 4.73. The fraction of sp³-hybridized carbons (Fsp3) is 0.250. The van der Waals surface area contributed by atoms with Crippen LogP contribution in [0.4, 0.5) is 0 Å². The van der Waals surface area contributed by atoms with Crippen LogP contribution in [0.3, 0.4) is 0 Å². The number of aryl methyl sites for hydroxylation is 1. The first-order valence-electron chi connectivity index (χ1n) is 5.21. The highest BCUT2D eigenvalue weighted by Gasteiger charge is 2.09. The molecular formula is C12H12BrNO3. The van der Waals surface area contributed by atoms with Gasteiger partial charge in [0.1, 0.15) is 0 Å². The van der Waals surface area contributed by atoms with E-state index in [1.807, 2.05) is 22.8 Å². The summed E-state index contributed by atoms with van der Waals surface area (Å²) in [6, 6.07) is 5.75. The Balaban J connectivity index is 2.45. The molecule has 0 atom stereocenters. The van der Waals surface area contributed by atoms with Gasteiger partial charge in [-0.1, -0.05) is 15.9 Å². The Morgan fingerprint density at radius 1 is 1.41 bits per heavy atom. The van der Waals surface area contributed by atoms with Gasteiger partial charge >= 0.3 is 5.97 Å². The van der Waals surface area contributed by atoms with Gasteiger partial charge in [0.15, 0.2) is 0 Å². The van der Waals surface area contributed by atoms with Gasteiger partial charge in [-0.05, 0) is 18.2 Å². The van der Waals surface area contributed by atoms with Crippen molar-refractivity contribution in [2.75, 3.05) is 0 Å². The van der Waals surface area contributed by atoms with Crippen LogP contribution in [0.25, 0.3) is 10.9 Å². The maximum absolute atomic E-state index is 10.6. The van der Waals surface area contributed by atoms with Crippen LogP contribution in [-0.2, 0) is 17.9 Å². The highest BCUT2D eigenvalue weighted by molar-refractivity contribution is 9.10. The van der Waals surface area contributed by atoms with Gasteiger partial charge in [-0.15, -0.1) is 0 Å². The number of aliphatic carboxylic acids is 1. The predicted molar refractivity (Wildman–Crippen MR) is 67.8 cm³/mol. The quantitative estimate of drug-likeness (QED) is 0.911. The lowest BCUT2D eigenvalue weighted by Crippen LogP contribution is -2.03. The van der Waals surface area contributed by atoms with E-state index in [1.165, 1.54) is 0 Å². The van der Waals surface area contributed by atoms with Crippen molar-refractivity contribution in [1.29, 1.82) is 0 Å². The van der Waals surface area contributed by atoms with Crippen LogP contribution in [0.1, 0.15) is 12.0 Å². The van der Waals surface area contributed by atoms with E-state index in [0.717, 1.165) is 20.9 Å². The van der Waals surface area contributed by atoms with Crippen LogP contribution in [0.5, 0.6) is 0 Å². The zero-order valence-corrected chi connectivity index (χ0v) is 10.6. The Labute approximate surface area is 107 Å². The molecule has 0 amide bonds. The van der Waals surface area contributed by atoms with Crippen molar-refractivity contribution in [1.82, 2.24) is 4.57 Å². The molecular weight excluding hydrogens is 286 g/mol. The Bertz CT molecular complexity index is 562. The Morgan fingerprint density at radius 3 is 2.82 bits per heavy atom. The molecule has 0 bridgehead atoms. The summed E-state index contributed by atoms with van der Waals surface area (Å²) >= 11 is 3.38. The predicted octanol–water partition coefficient (Wildman–Crippen LogP) is 2.37. The lowest BCUT2D eigenvalue weighted by molar-refractivity contribution is -0.137. The number of hydrogen-bond acceptors (Lipinski definition) is 2. The van der Waals surface area contributed by atoms with Crippen molar-refractivity contribution in [2.24, 2.45) is 0 Å². The Kier molecular flexibility index (Phi) is 3.49. The molecule has 0 aliphatic heterocycles. The third-order valence-corrected chi connectivity index (χ3v) is 3.16. The second-order valence-electron chi connectivity index (χ2n) is 3.81. The molecule has 0 radical (unpaired) electrons. The number of halogens is 1. The lowest BCUT2D eigenvalue weighted by Gasteiger charge is -2.02. The van der Waals surface area contributed by atoms with E-state index in [0.29, 0.717) is 6.54 Å². The summed E-state index contributed by atoms with van der Waals surface area (Å²) in [5.74, 6) is -0.825. The SMILES string of the molecule is O=C(O)CCn1cc(CO)c2cc(Br)ccc21. The fourth-order valence-corrected chi connectivity index (χ4v) is 2.23. The molecule has 1 aromatic heterocycles. The molecule has 1 aromatic carbocycles. The first-order valence-corrected chi connectivity index (χ1v) is 6.01. The molecule has 0 unspecified atom stereocenters. The van der Waals surface area contributed by atoms with Crippen molar-refractivity contribution in [2.45, 2.75) is 19.6 Å². The fourth-order valence-electron chi connectivity index (χ4n) is 1.87. The number of carboxylic acids is 1. The van der Waals surface area contributed by atoms with Gasteiger partial charge in [0, 0.05) is 33.7 Å². The third kappa shape index (κ3) is 2.50. The topological polar surface area (TPSA) is 62.5 Å². The molecule has 0 aliphatic carbocycles. The molecule has 0 aliphatic rings. The van der Waals surface area contributed by atoms with Crippen LogP contribution in [0.2, 0.25) is 0 Å². The Hall–Kier alpha value is -1.33. The molecule has 5 heteroatoms. The molecule has 0 saturated heterocycles. The number of aliphatic hydroxyl groups excluding tert-OH is 1. The number of nitrogens with zero attached hydrogens (tertiary/aromatic N) is 1. The zero-order chi connectivity index (χ0) is 12.4. The van der Waals surface area contributed by atoms with Crippen LogP contribution in [-0.4, -0.2) is 20.7 Å². The summed E-state index contributed by atoms with van der Waals surface area (Å²) in [4.78, 5) is 10.6. The number of rotatable bonds is 4. The molecule has 2 aromatic rings. The summed E-state index contributed by atoms with van der Waals surface area (Å²) < 4.78 is 2.80. The second kappa shape index (κ2) is 4.89. The summed E-state index contributed by atoms with van der Waals surface area (Å²) in [5, 5.41) is 18.9. The number of carbonyl (C=O) groups is 1. The molecule has 4 nitrogen and oxygen atoms in total. The first kappa shape index (κ1) is 12.1. The van der Waals surface area contributed by atoms with Crippen LogP contribution >= 0.6 is 15.9 Å². The van der Waals surface area contributed by atoms with Gasteiger partial charge in [-0.25, -0.2) is 0 Å². The van der Waals surface area contributed by atoms with Gasteiger partial charge in [0.05, 0.1) is 13.0 Å². The number of aliphatic hydroxyl groups is 1. The van der Waals surface area contributed by atoms with Crippen molar-refractivity contribution in [3.05, 3.63) is 34.4 Å². The maximum Gasteiger partial charge on any atom is 0.305 e. The highest BCUT2D eigenvalue weighted by atomic mass is 79.9. The molecule has 2 rings (SSSR count). The minimum atomic E-state index is -0.825. The monoisotopic (exact) mass is 297 g/mol. The smallest absolute Gasteiger partial charge is 0.305 e. The minimum absolute atomic E-state index is 0.0486. The van der Waals surface area contributed by atoms with Gasteiger partial charge in [-0.3, -0.25) is 4.79 Å². The number of benzene rings is 1. The summed E-state index contributed by atoms with van der Waals surface area (Å²) in [7, 11) is 0. The van der Waals surface area contributed by atoms with Crippen LogP contribution in [0.15, 0.2) is 28.9 Å². The van der Waals surface area contributed by atoms with E-state index in [4.69, 9.17) is 5.11 Å². The van der Waals surface area contributed by atoms with E-state index in [1.54, 1.807) is 6.20 Å². The number of fused-ring (bicyclic) bond motifs is 1. The van der Waals surface area contributed by atoms with Crippen molar-refractivity contribution in [3.8, 4) is 0 Å². The Morgan fingerprint density at radius 2 is 2.18 bits per heavy atom. The largest absolute Gasteiger partial charge is 0.481 e. The standard InChI is InChI=1S/C12H12BrNO3/c13-9-1-2-11-10(5-9)8(7-15)6-14(11)4-3-12(16)17/h1-2,5-6,15H,3-4,7H2,(H,16,17). The van der Waals surface area contributed by atoms with Gasteiger partial charge in [0.2, 0.25) is 0 Å². The number of carboxylic acid groups (broad SMARTS) is 1. The van der Waals surface area contributed by atoms with Crippen molar-refractivity contribution >= 4 is 32.8 Å². The van der Waals surface area contributed by atoms with Crippen molar-refractivity contribution in [3.63, 3.8) is 0 Å². The summed E-state index contributed by atoms with van der Waals surface area (Å²) in [5.41, 5.74) is 1.75. The van der Waals surface area contributed by atoms with E-state index in [-0.39, 0.29) is 13.0 Å². The average molecular weight is 298 g/mol. The van der Waals surface area contributed by atoms with Crippen molar-refractivity contribution < 1.29 is 15.0 Å². The van der Waals surface area contributed by atoms with E-state index < -0.39 is 5.97 Å². The van der Waals surface area contributed by atoms with Crippen LogP contribution in [0, 0.1) is 0 Å². The molecule has 0 fully saturated rings. The molecule has 17 heavy (non-hydrogen) atoms. The molecule has 1 heterocycles. The maximum atomic E-state index is 10.6. The third-order valence-electron chi connectivity index (χ3n) is 2.66. The normalized spacial score (nSPS) is 10.9. The molecule has 0 saturated carbocycles.